The lowest BCUT2D eigenvalue weighted by Gasteiger charge is -2.29. The van der Waals surface area contributed by atoms with Gasteiger partial charge in [0.1, 0.15) is 0 Å². The van der Waals surface area contributed by atoms with Crippen molar-refractivity contribution in [2.24, 2.45) is 5.92 Å². The number of unbranched alkanes of at least 4 members (excludes halogenated alkanes) is 2. The molecule has 0 N–H and O–H groups in total. The van der Waals surface area contributed by atoms with E-state index in [1.807, 2.05) is 0 Å². The van der Waals surface area contributed by atoms with Crippen molar-refractivity contribution in [2.45, 2.75) is 81.5 Å². The monoisotopic (exact) mass is 398 g/mol. The third-order valence-corrected chi connectivity index (χ3v) is 6.79. The van der Waals surface area contributed by atoms with Gasteiger partial charge in [-0.25, -0.2) is 0 Å². The molecule has 1 unspecified atom stereocenters. The molecular formula is C20H31I. The van der Waals surface area contributed by atoms with Crippen molar-refractivity contribution in [3.63, 3.8) is 0 Å². The van der Waals surface area contributed by atoms with Gasteiger partial charge >= 0.3 is 0 Å². The summed E-state index contributed by atoms with van der Waals surface area (Å²) in [5, 5.41) is 0. The maximum atomic E-state index is 2.56. The topological polar surface area (TPSA) is 0 Å². The van der Waals surface area contributed by atoms with Crippen molar-refractivity contribution in [1.29, 1.82) is 0 Å². The van der Waals surface area contributed by atoms with Crippen molar-refractivity contribution in [3.05, 3.63) is 35.4 Å². The van der Waals surface area contributed by atoms with Crippen LogP contribution in [-0.2, 0) is 0 Å². The Kier molecular flexibility index (Phi) is 7.56. The zero-order valence-electron chi connectivity index (χ0n) is 13.8. The van der Waals surface area contributed by atoms with Crippen LogP contribution in [0.15, 0.2) is 24.3 Å². The van der Waals surface area contributed by atoms with Crippen LogP contribution in [0.1, 0.15) is 92.6 Å². The summed E-state index contributed by atoms with van der Waals surface area (Å²) in [5.74, 6) is 1.85. The predicted molar refractivity (Wildman–Crippen MR) is 102 cm³/mol. The molecular weight excluding hydrogens is 367 g/mol. The maximum absolute atomic E-state index is 2.56. The minimum Gasteiger partial charge on any atom is -0.0774 e. The Morgan fingerprint density at radius 3 is 2.24 bits per heavy atom. The second-order valence-corrected chi connectivity index (χ2v) is 8.26. The van der Waals surface area contributed by atoms with E-state index in [-0.39, 0.29) is 0 Å². The van der Waals surface area contributed by atoms with E-state index in [9.17, 15) is 0 Å². The molecule has 118 valence electrons. The molecule has 0 nitrogen and oxygen atoms in total. The Bertz CT molecular complexity index is 387. The second-order valence-electron chi connectivity index (χ2n) is 6.76. The van der Waals surface area contributed by atoms with Crippen LogP contribution in [-0.4, -0.2) is 0 Å². The summed E-state index contributed by atoms with van der Waals surface area (Å²) in [6.07, 6.45) is 12.7. The van der Waals surface area contributed by atoms with Crippen LogP contribution in [0.25, 0.3) is 0 Å². The summed E-state index contributed by atoms with van der Waals surface area (Å²) in [6.45, 7) is 4.57. The largest absolute Gasteiger partial charge is 0.0774 e. The normalized spacial score (nSPS) is 24.0. The molecule has 0 saturated heterocycles. The molecule has 0 amide bonds. The third-order valence-electron chi connectivity index (χ3n) is 5.19. The van der Waals surface area contributed by atoms with Crippen LogP contribution in [0.5, 0.6) is 0 Å². The van der Waals surface area contributed by atoms with E-state index in [0.717, 1.165) is 11.8 Å². The van der Waals surface area contributed by atoms with Gasteiger partial charge < -0.3 is 0 Å². The van der Waals surface area contributed by atoms with Crippen LogP contribution in [0.4, 0.5) is 0 Å². The molecule has 1 atom stereocenters. The zero-order chi connectivity index (χ0) is 15.1. The Hall–Kier alpha value is -0.0500. The van der Waals surface area contributed by atoms with Crippen LogP contribution >= 0.6 is 22.6 Å². The molecule has 0 aromatic heterocycles. The van der Waals surface area contributed by atoms with E-state index < -0.39 is 0 Å². The predicted octanol–water partition coefficient (Wildman–Crippen LogP) is 7.43. The number of alkyl halides is 1. The summed E-state index contributed by atoms with van der Waals surface area (Å²) in [6, 6.07) is 9.53. The van der Waals surface area contributed by atoms with Gasteiger partial charge in [0.15, 0.2) is 0 Å². The first-order chi connectivity index (χ1) is 10.2. The van der Waals surface area contributed by atoms with E-state index in [4.69, 9.17) is 0 Å². The number of hydrogen-bond donors (Lipinski definition) is 0. The van der Waals surface area contributed by atoms with Gasteiger partial charge in [-0.3, -0.25) is 0 Å². The molecule has 2 rings (SSSR count). The fraction of sp³-hybridized carbons (Fsp3) is 0.700. The van der Waals surface area contributed by atoms with Crippen molar-refractivity contribution in [2.75, 3.05) is 0 Å². The van der Waals surface area contributed by atoms with Gasteiger partial charge in [0.05, 0.1) is 0 Å². The average Bonchev–Trinajstić information content (AvgIpc) is 2.55. The zero-order valence-corrected chi connectivity index (χ0v) is 15.9. The summed E-state index contributed by atoms with van der Waals surface area (Å²) in [4.78, 5) is 0. The summed E-state index contributed by atoms with van der Waals surface area (Å²) in [7, 11) is 0. The van der Waals surface area contributed by atoms with E-state index in [1.54, 1.807) is 5.56 Å². The minimum absolute atomic E-state index is 0.672. The number of benzene rings is 1. The van der Waals surface area contributed by atoms with Gasteiger partial charge in [0.25, 0.3) is 0 Å². The fourth-order valence-electron chi connectivity index (χ4n) is 3.68. The lowest BCUT2D eigenvalue weighted by Crippen LogP contribution is -2.13. The minimum atomic E-state index is 0.672. The highest BCUT2D eigenvalue weighted by molar-refractivity contribution is 14.1. The van der Waals surface area contributed by atoms with Crippen LogP contribution in [0.3, 0.4) is 0 Å². The van der Waals surface area contributed by atoms with Gasteiger partial charge in [-0.15, -0.1) is 0 Å². The first-order valence-corrected chi connectivity index (χ1v) is 10.2. The molecule has 0 bridgehead atoms. The molecule has 0 spiro atoms. The van der Waals surface area contributed by atoms with Gasteiger partial charge in [0, 0.05) is 3.92 Å². The van der Waals surface area contributed by atoms with E-state index in [0.29, 0.717) is 3.92 Å². The Balaban J connectivity index is 1.82. The third kappa shape index (κ3) is 5.26. The molecule has 0 aliphatic heterocycles. The number of hydrogen-bond acceptors (Lipinski definition) is 0. The van der Waals surface area contributed by atoms with Crippen LogP contribution < -0.4 is 0 Å². The van der Waals surface area contributed by atoms with Crippen LogP contribution in [0.2, 0.25) is 0 Å². The molecule has 0 heterocycles. The molecule has 0 radical (unpaired) electrons. The molecule has 21 heavy (non-hydrogen) atoms. The van der Waals surface area contributed by atoms with Gasteiger partial charge in [0.2, 0.25) is 0 Å². The highest BCUT2D eigenvalue weighted by atomic mass is 127. The smallest absolute Gasteiger partial charge is 0.0356 e. The molecule has 1 aromatic rings. The highest BCUT2D eigenvalue weighted by Gasteiger charge is 2.22. The van der Waals surface area contributed by atoms with Crippen molar-refractivity contribution < 1.29 is 0 Å². The van der Waals surface area contributed by atoms with Crippen molar-refractivity contribution in [1.82, 2.24) is 0 Å². The lowest BCUT2D eigenvalue weighted by molar-refractivity contribution is 0.303. The summed E-state index contributed by atoms with van der Waals surface area (Å²) in [5.41, 5.74) is 3.08. The molecule has 1 aliphatic carbocycles. The first-order valence-electron chi connectivity index (χ1n) is 8.98. The highest BCUT2D eigenvalue weighted by Crippen LogP contribution is 2.38. The maximum Gasteiger partial charge on any atom is 0.0356 e. The van der Waals surface area contributed by atoms with E-state index >= 15 is 0 Å². The lowest BCUT2D eigenvalue weighted by atomic mass is 9.77. The molecule has 1 saturated carbocycles. The molecule has 1 aliphatic rings. The van der Waals surface area contributed by atoms with Gasteiger partial charge in [-0.2, -0.15) is 0 Å². The van der Waals surface area contributed by atoms with Crippen LogP contribution in [0, 0.1) is 5.92 Å². The van der Waals surface area contributed by atoms with Gasteiger partial charge in [-0.05, 0) is 55.1 Å². The van der Waals surface area contributed by atoms with E-state index in [1.165, 1.54) is 63.4 Å². The Labute approximate surface area is 145 Å². The standard InChI is InChI=1S/C20H31I/c1-3-5-6-7-16-8-10-17(11-9-16)18-12-14-19(15-13-18)20(21)4-2/h12-17,20H,3-11H2,1-2H3. The first kappa shape index (κ1) is 17.3. The number of rotatable bonds is 7. The summed E-state index contributed by atoms with van der Waals surface area (Å²) >= 11 is 2.56. The van der Waals surface area contributed by atoms with Gasteiger partial charge in [-0.1, -0.05) is 86.4 Å². The van der Waals surface area contributed by atoms with E-state index in [2.05, 4.69) is 60.7 Å². The second kappa shape index (κ2) is 9.17. The summed E-state index contributed by atoms with van der Waals surface area (Å²) < 4.78 is 0.672. The quantitative estimate of drug-likeness (QED) is 0.255. The molecule has 1 fully saturated rings. The van der Waals surface area contributed by atoms with Crippen molar-refractivity contribution in [3.8, 4) is 0 Å². The molecule has 1 aromatic carbocycles. The Morgan fingerprint density at radius 1 is 1.00 bits per heavy atom. The molecule has 1 heteroatoms. The Morgan fingerprint density at radius 2 is 1.67 bits per heavy atom. The average molecular weight is 398 g/mol. The SMILES string of the molecule is CCCCCC1CCC(c2ccc(C(I)CC)cc2)CC1. The number of halogens is 1. The fourth-order valence-corrected chi connectivity index (χ4v) is 4.10. The van der Waals surface area contributed by atoms with Crippen molar-refractivity contribution >= 4 is 22.6 Å².